The molecule has 2 aromatic carbocycles. The van der Waals surface area contributed by atoms with Crippen LogP contribution in [-0.2, 0) is 15.8 Å². The first-order valence-electron chi connectivity index (χ1n) is 5.95. The number of sulfonamides is 1. The smallest absolute Gasteiger partial charge is 0.337 e. The first-order chi connectivity index (χ1) is 9.87. The highest BCUT2D eigenvalue weighted by molar-refractivity contribution is 9.10. The van der Waals surface area contributed by atoms with Crippen molar-refractivity contribution < 1.29 is 18.3 Å². The summed E-state index contributed by atoms with van der Waals surface area (Å²) < 4.78 is 27.1. The summed E-state index contributed by atoms with van der Waals surface area (Å²) in [5, 5.41) is 9.12. The minimum absolute atomic E-state index is 0.0432. The van der Waals surface area contributed by atoms with E-state index in [0.717, 1.165) is 0 Å². The van der Waals surface area contributed by atoms with E-state index in [1.807, 2.05) is 0 Å². The van der Waals surface area contributed by atoms with Crippen molar-refractivity contribution >= 4 is 37.6 Å². The van der Waals surface area contributed by atoms with Crippen molar-refractivity contribution in [2.45, 2.75) is 5.75 Å². The number of halogens is 1. The van der Waals surface area contributed by atoms with Gasteiger partial charge in [-0.3, -0.25) is 4.72 Å². The Morgan fingerprint density at radius 2 is 1.81 bits per heavy atom. The van der Waals surface area contributed by atoms with Crippen molar-refractivity contribution in [1.82, 2.24) is 0 Å². The largest absolute Gasteiger partial charge is 0.478 e. The van der Waals surface area contributed by atoms with Crippen LogP contribution in [0.3, 0.4) is 0 Å². The van der Waals surface area contributed by atoms with E-state index in [1.54, 1.807) is 36.4 Å². The van der Waals surface area contributed by atoms with Crippen LogP contribution >= 0.6 is 15.9 Å². The van der Waals surface area contributed by atoms with Crippen LogP contribution in [0.4, 0.5) is 5.69 Å². The zero-order valence-corrected chi connectivity index (χ0v) is 13.2. The topological polar surface area (TPSA) is 83.5 Å². The van der Waals surface area contributed by atoms with E-state index < -0.39 is 16.0 Å². The molecule has 0 bridgehead atoms. The third-order valence-corrected chi connectivity index (χ3v) is 4.41. The second-order valence-corrected chi connectivity index (χ2v) is 6.98. The number of hydrogen-bond acceptors (Lipinski definition) is 3. The van der Waals surface area contributed by atoms with Gasteiger partial charge in [0, 0.05) is 4.47 Å². The fourth-order valence-corrected chi connectivity index (χ4v) is 3.36. The minimum atomic E-state index is -3.69. The molecule has 0 saturated heterocycles. The molecule has 0 unspecified atom stereocenters. The van der Waals surface area contributed by atoms with Crippen LogP contribution in [0.1, 0.15) is 15.9 Å². The van der Waals surface area contributed by atoms with Crippen molar-refractivity contribution in [3.05, 3.63) is 64.1 Å². The molecule has 0 heterocycles. The molecule has 0 atom stereocenters. The van der Waals surface area contributed by atoms with E-state index in [0.29, 0.717) is 10.0 Å². The highest BCUT2D eigenvalue weighted by Gasteiger charge is 2.17. The van der Waals surface area contributed by atoms with Crippen LogP contribution in [0.2, 0.25) is 0 Å². The molecular formula is C14H12BrNO4S. The maximum Gasteiger partial charge on any atom is 0.337 e. The number of hydrogen-bond donors (Lipinski definition) is 2. The molecule has 0 aliphatic heterocycles. The predicted molar refractivity (Wildman–Crippen MR) is 83.8 cm³/mol. The molecule has 0 amide bonds. The van der Waals surface area contributed by atoms with Gasteiger partial charge in [-0.05, 0) is 23.8 Å². The second kappa shape index (κ2) is 6.28. The van der Waals surface area contributed by atoms with Gasteiger partial charge in [0.1, 0.15) is 0 Å². The lowest BCUT2D eigenvalue weighted by Gasteiger charge is -2.11. The Morgan fingerprint density at radius 1 is 1.14 bits per heavy atom. The van der Waals surface area contributed by atoms with E-state index in [4.69, 9.17) is 5.11 Å². The lowest BCUT2D eigenvalue weighted by Crippen LogP contribution is -2.17. The number of carboxylic acids is 1. The van der Waals surface area contributed by atoms with Crippen LogP contribution in [0.25, 0.3) is 0 Å². The Bertz CT molecular complexity index is 760. The number of nitrogens with one attached hydrogen (secondary N) is 1. The van der Waals surface area contributed by atoms with Crippen LogP contribution in [0, 0.1) is 0 Å². The summed E-state index contributed by atoms with van der Waals surface area (Å²) in [6.07, 6.45) is 0. The molecule has 0 aromatic heterocycles. The number of carbonyl (C=O) groups is 1. The molecule has 110 valence electrons. The summed E-state index contributed by atoms with van der Waals surface area (Å²) in [7, 11) is -3.69. The fourth-order valence-electron chi connectivity index (χ4n) is 1.78. The zero-order valence-electron chi connectivity index (χ0n) is 10.8. The van der Waals surface area contributed by atoms with Crippen molar-refractivity contribution in [1.29, 1.82) is 0 Å². The molecule has 2 rings (SSSR count). The molecular weight excluding hydrogens is 358 g/mol. The van der Waals surface area contributed by atoms with Gasteiger partial charge >= 0.3 is 5.97 Å². The summed E-state index contributed by atoms with van der Waals surface area (Å²) in [6.45, 7) is 0. The summed E-state index contributed by atoms with van der Waals surface area (Å²) in [6, 6.07) is 13.0. The summed E-state index contributed by atoms with van der Waals surface area (Å²) in [5.41, 5.74) is 0.557. The van der Waals surface area contributed by atoms with Crippen molar-refractivity contribution in [3.63, 3.8) is 0 Å². The molecule has 7 heteroatoms. The van der Waals surface area contributed by atoms with Crippen molar-refractivity contribution in [3.8, 4) is 0 Å². The molecule has 0 aliphatic carbocycles. The van der Waals surface area contributed by atoms with Crippen molar-refractivity contribution in [2.75, 3.05) is 4.72 Å². The lowest BCUT2D eigenvalue weighted by atomic mass is 10.2. The number of benzene rings is 2. The maximum absolute atomic E-state index is 12.1. The maximum atomic E-state index is 12.1. The number of rotatable bonds is 5. The summed E-state index contributed by atoms with van der Waals surface area (Å²) in [4.78, 5) is 11.2. The van der Waals surface area contributed by atoms with E-state index in [9.17, 15) is 13.2 Å². The number of carboxylic acid groups (broad SMARTS) is 1. The zero-order chi connectivity index (χ0) is 15.5. The molecule has 0 spiro atoms. The quantitative estimate of drug-likeness (QED) is 0.847. The standard InChI is InChI=1S/C14H12BrNO4S/c15-11-6-7-13(12(8-11)14(17)18)16-21(19,20)9-10-4-2-1-3-5-10/h1-8,16H,9H2,(H,17,18). The number of anilines is 1. The van der Waals surface area contributed by atoms with Gasteiger partial charge in [-0.15, -0.1) is 0 Å². The summed E-state index contributed by atoms with van der Waals surface area (Å²) >= 11 is 3.16. The average Bonchev–Trinajstić information content (AvgIpc) is 2.41. The predicted octanol–water partition coefficient (Wildman–Crippen LogP) is 3.09. The van der Waals surface area contributed by atoms with Crippen LogP contribution in [0.5, 0.6) is 0 Å². The normalized spacial score (nSPS) is 11.1. The van der Waals surface area contributed by atoms with Gasteiger partial charge in [-0.25, -0.2) is 13.2 Å². The Hall–Kier alpha value is -1.86. The van der Waals surface area contributed by atoms with Crippen molar-refractivity contribution in [2.24, 2.45) is 0 Å². The van der Waals surface area contributed by atoms with E-state index in [2.05, 4.69) is 20.7 Å². The molecule has 0 fully saturated rings. The molecule has 21 heavy (non-hydrogen) atoms. The molecule has 0 saturated carbocycles. The first kappa shape index (κ1) is 15.5. The average molecular weight is 370 g/mol. The molecule has 2 aromatic rings. The van der Waals surface area contributed by atoms with Gasteiger partial charge in [0.05, 0.1) is 17.0 Å². The highest BCUT2D eigenvalue weighted by atomic mass is 79.9. The minimum Gasteiger partial charge on any atom is -0.478 e. The molecule has 5 nitrogen and oxygen atoms in total. The van der Waals surface area contributed by atoms with Gasteiger partial charge in [0.15, 0.2) is 0 Å². The third-order valence-electron chi connectivity index (χ3n) is 2.68. The second-order valence-electron chi connectivity index (χ2n) is 4.34. The van der Waals surface area contributed by atoms with Crippen LogP contribution in [0.15, 0.2) is 53.0 Å². The van der Waals surface area contributed by atoms with Crippen LogP contribution in [-0.4, -0.2) is 19.5 Å². The fraction of sp³-hybridized carbons (Fsp3) is 0.0714. The Morgan fingerprint density at radius 3 is 2.43 bits per heavy atom. The van der Waals surface area contributed by atoms with E-state index >= 15 is 0 Å². The van der Waals surface area contributed by atoms with Gasteiger partial charge < -0.3 is 5.11 Å². The number of aromatic carboxylic acids is 1. The van der Waals surface area contributed by atoms with E-state index in [1.165, 1.54) is 12.1 Å². The first-order valence-corrected chi connectivity index (χ1v) is 8.39. The summed E-state index contributed by atoms with van der Waals surface area (Å²) in [5.74, 6) is -1.42. The van der Waals surface area contributed by atoms with Crippen LogP contribution < -0.4 is 4.72 Å². The molecule has 0 aliphatic rings. The SMILES string of the molecule is O=C(O)c1cc(Br)ccc1NS(=O)(=O)Cc1ccccc1. The van der Waals surface area contributed by atoms with Gasteiger partial charge in [0.25, 0.3) is 0 Å². The third kappa shape index (κ3) is 4.30. The molecule has 2 N–H and O–H groups in total. The highest BCUT2D eigenvalue weighted by Crippen LogP contribution is 2.23. The molecule has 0 radical (unpaired) electrons. The van der Waals surface area contributed by atoms with Gasteiger partial charge in [0.2, 0.25) is 10.0 Å². The van der Waals surface area contributed by atoms with Gasteiger partial charge in [-0.2, -0.15) is 0 Å². The Balaban J connectivity index is 2.27. The Kier molecular flexibility index (Phi) is 4.64. The lowest BCUT2D eigenvalue weighted by molar-refractivity contribution is 0.0698. The van der Waals surface area contributed by atoms with Gasteiger partial charge in [-0.1, -0.05) is 46.3 Å². The Labute approximate surface area is 130 Å². The van der Waals surface area contributed by atoms with E-state index in [-0.39, 0.29) is 17.0 Å². The monoisotopic (exact) mass is 369 g/mol.